The molecule has 6 aliphatic rings. The van der Waals surface area contributed by atoms with E-state index in [1.54, 1.807) is 0 Å². The predicted octanol–water partition coefficient (Wildman–Crippen LogP) is 16.7. The highest BCUT2D eigenvalue weighted by molar-refractivity contribution is 5.28. The fourth-order valence-electron chi connectivity index (χ4n) is 14.5. The molecule has 4 fully saturated rings. The molecular weight excluding hydrogens is 665 g/mol. The second-order valence-corrected chi connectivity index (χ2v) is 20.7. The molecule has 0 unspecified atom stereocenters. The maximum Gasteiger partial charge on any atom is 0.0563 e. The molecule has 6 aliphatic carbocycles. The fraction of sp³-hybridized carbons (Fsp3) is 0.852. The lowest BCUT2D eigenvalue weighted by Gasteiger charge is -2.57. The molecule has 55 heavy (non-hydrogen) atoms. The van der Waals surface area contributed by atoms with Crippen molar-refractivity contribution < 1.29 is 4.74 Å². The third-order valence-corrected chi connectivity index (χ3v) is 17.6. The van der Waals surface area contributed by atoms with Gasteiger partial charge in [-0.15, -0.1) is 0 Å². The molecule has 0 aromatic carbocycles. The largest absolute Gasteiger partial charge is 0.380 e. The highest BCUT2D eigenvalue weighted by atomic mass is 16.5. The van der Waals surface area contributed by atoms with Crippen molar-refractivity contribution in [3.63, 3.8) is 0 Å². The zero-order chi connectivity index (χ0) is 38.5. The van der Waals surface area contributed by atoms with Gasteiger partial charge in [0.05, 0.1) is 13.2 Å². The molecule has 0 aromatic rings. The standard InChI is InChI=1S/C54H90O/c1-5-9-13-33-51(53(35-15-11-16-36-53)49-25-21-45(19-7-3)22-26-49)39-29-47(30-40-51)43-55-44-48-31-41-52(42-32-48,34-14-10-6-2)54(37-17-12-18-38-54)50-27-23-46(20-8-4)24-28-50/h29-32,39-42,45-50H,5-28,33-38,43-44H2,1-4H3/t45-,46-,47-,48-,49-,50-,51-,52-. The summed E-state index contributed by atoms with van der Waals surface area (Å²) in [6.45, 7) is 11.2. The summed E-state index contributed by atoms with van der Waals surface area (Å²) in [6.07, 6.45) is 64.5. The summed E-state index contributed by atoms with van der Waals surface area (Å²) >= 11 is 0. The summed E-state index contributed by atoms with van der Waals surface area (Å²) in [5, 5.41) is 0. The van der Waals surface area contributed by atoms with E-state index >= 15 is 0 Å². The molecule has 0 N–H and O–H groups in total. The Hall–Kier alpha value is -1.08. The number of unbranched alkanes of at least 4 members (excludes halogenated alkanes) is 4. The van der Waals surface area contributed by atoms with E-state index < -0.39 is 0 Å². The molecule has 0 aromatic heterocycles. The van der Waals surface area contributed by atoms with Crippen LogP contribution in [-0.4, -0.2) is 13.2 Å². The first-order valence-electron chi connectivity index (χ1n) is 25.3. The van der Waals surface area contributed by atoms with Crippen LogP contribution < -0.4 is 0 Å². The highest BCUT2D eigenvalue weighted by Crippen LogP contribution is 2.64. The summed E-state index contributed by atoms with van der Waals surface area (Å²) < 4.78 is 6.68. The van der Waals surface area contributed by atoms with Crippen LogP contribution in [0, 0.1) is 57.2 Å². The molecule has 6 rings (SSSR count). The van der Waals surface area contributed by atoms with Gasteiger partial charge in [-0.1, -0.05) is 205 Å². The molecule has 0 heterocycles. The van der Waals surface area contributed by atoms with Gasteiger partial charge in [-0.05, 0) is 98.7 Å². The van der Waals surface area contributed by atoms with Crippen molar-refractivity contribution in [2.24, 2.45) is 57.2 Å². The van der Waals surface area contributed by atoms with E-state index in [0.717, 1.165) is 36.9 Å². The Labute approximate surface area is 342 Å². The third kappa shape index (κ3) is 10.0. The zero-order valence-corrected chi connectivity index (χ0v) is 37.1. The van der Waals surface area contributed by atoms with E-state index in [4.69, 9.17) is 4.74 Å². The van der Waals surface area contributed by atoms with E-state index in [9.17, 15) is 0 Å². The van der Waals surface area contributed by atoms with Crippen LogP contribution in [0.4, 0.5) is 0 Å². The Bertz CT molecular complexity index is 1080. The van der Waals surface area contributed by atoms with Gasteiger partial charge in [0.25, 0.3) is 0 Å². The Balaban J connectivity index is 1.11. The van der Waals surface area contributed by atoms with Crippen molar-refractivity contribution in [1.29, 1.82) is 0 Å². The van der Waals surface area contributed by atoms with Crippen LogP contribution in [0.15, 0.2) is 48.6 Å². The van der Waals surface area contributed by atoms with Crippen LogP contribution >= 0.6 is 0 Å². The molecule has 4 saturated carbocycles. The number of hydrogen-bond donors (Lipinski definition) is 0. The smallest absolute Gasteiger partial charge is 0.0563 e. The molecule has 312 valence electrons. The normalized spacial score (nSPS) is 35.9. The van der Waals surface area contributed by atoms with Gasteiger partial charge >= 0.3 is 0 Å². The highest BCUT2D eigenvalue weighted by Gasteiger charge is 2.55. The predicted molar refractivity (Wildman–Crippen MR) is 239 cm³/mol. The first-order chi connectivity index (χ1) is 27.0. The summed E-state index contributed by atoms with van der Waals surface area (Å²) in [4.78, 5) is 0. The van der Waals surface area contributed by atoms with Crippen molar-refractivity contribution in [3.8, 4) is 0 Å². The van der Waals surface area contributed by atoms with E-state index in [1.807, 2.05) is 0 Å². The molecule has 1 nitrogen and oxygen atoms in total. The molecule has 0 radical (unpaired) electrons. The minimum atomic E-state index is 0.252. The van der Waals surface area contributed by atoms with Crippen molar-refractivity contribution in [3.05, 3.63) is 48.6 Å². The minimum absolute atomic E-state index is 0.252. The number of hydrogen-bond acceptors (Lipinski definition) is 1. The fourth-order valence-corrected chi connectivity index (χ4v) is 14.5. The van der Waals surface area contributed by atoms with Gasteiger partial charge in [0.15, 0.2) is 0 Å². The molecule has 1 heteroatoms. The van der Waals surface area contributed by atoms with Crippen LogP contribution in [0.3, 0.4) is 0 Å². The SMILES string of the molecule is CCCCC[C@]1(C2([C@H]3CC[C@H](CCC)CC3)CCCCC2)C=C[C@H](COC[C@H]2C=C[C@](CCCCC)(C3([C@H]4CC[C@H](CCC)CC4)CCCCC3)C=C2)C=C1. The molecule has 0 amide bonds. The monoisotopic (exact) mass is 755 g/mol. The van der Waals surface area contributed by atoms with Gasteiger partial charge < -0.3 is 4.74 Å². The molecule has 0 aliphatic heterocycles. The van der Waals surface area contributed by atoms with Crippen LogP contribution in [-0.2, 0) is 4.74 Å². The van der Waals surface area contributed by atoms with E-state index in [2.05, 4.69) is 76.3 Å². The lowest BCUT2D eigenvalue weighted by molar-refractivity contribution is -0.0294. The summed E-state index contributed by atoms with van der Waals surface area (Å²) in [7, 11) is 0. The molecule has 0 atom stereocenters. The third-order valence-electron chi connectivity index (χ3n) is 17.6. The lowest BCUT2D eigenvalue weighted by atomic mass is 9.47. The Kier molecular flexibility index (Phi) is 16.8. The molecular formula is C54H90O. The van der Waals surface area contributed by atoms with Crippen molar-refractivity contribution in [2.75, 3.05) is 13.2 Å². The van der Waals surface area contributed by atoms with Crippen LogP contribution in [0.5, 0.6) is 0 Å². The number of allylic oxidation sites excluding steroid dienone is 4. The maximum atomic E-state index is 6.68. The maximum absolute atomic E-state index is 6.68. The van der Waals surface area contributed by atoms with Gasteiger partial charge in [-0.25, -0.2) is 0 Å². The van der Waals surface area contributed by atoms with Gasteiger partial charge in [0.1, 0.15) is 0 Å². The number of rotatable bonds is 20. The second-order valence-electron chi connectivity index (χ2n) is 20.7. The Morgan fingerprint density at radius 3 is 1.13 bits per heavy atom. The van der Waals surface area contributed by atoms with E-state index in [0.29, 0.717) is 22.7 Å². The average Bonchev–Trinajstić information content (AvgIpc) is 3.23. The van der Waals surface area contributed by atoms with Crippen molar-refractivity contribution in [1.82, 2.24) is 0 Å². The van der Waals surface area contributed by atoms with Crippen LogP contribution in [0.25, 0.3) is 0 Å². The van der Waals surface area contributed by atoms with Crippen molar-refractivity contribution >= 4 is 0 Å². The lowest BCUT2D eigenvalue weighted by Crippen LogP contribution is -2.48. The van der Waals surface area contributed by atoms with Crippen molar-refractivity contribution in [2.45, 2.75) is 220 Å². The Morgan fingerprint density at radius 2 is 0.800 bits per heavy atom. The van der Waals surface area contributed by atoms with E-state index in [-0.39, 0.29) is 10.8 Å². The van der Waals surface area contributed by atoms with Gasteiger partial charge in [-0.3, -0.25) is 0 Å². The first kappa shape index (κ1) is 43.5. The summed E-state index contributed by atoms with van der Waals surface area (Å²) in [5.74, 6) is 4.63. The minimum Gasteiger partial charge on any atom is -0.380 e. The zero-order valence-electron chi connectivity index (χ0n) is 37.1. The first-order valence-corrected chi connectivity index (χ1v) is 25.3. The van der Waals surface area contributed by atoms with Crippen LogP contribution in [0.1, 0.15) is 220 Å². The number of ether oxygens (including phenoxy) is 1. The Morgan fingerprint density at radius 1 is 0.436 bits per heavy atom. The summed E-state index contributed by atoms with van der Waals surface area (Å²) in [5.41, 5.74) is 1.45. The van der Waals surface area contributed by atoms with Gasteiger partial charge in [0, 0.05) is 22.7 Å². The van der Waals surface area contributed by atoms with E-state index in [1.165, 1.54) is 193 Å². The molecule has 0 spiro atoms. The van der Waals surface area contributed by atoms with Gasteiger partial charge in [0.2, 0.25) is 0 Å². The van der Waals surface area contributed by atoms with Crippen LogP contribution in [0.2, 0.25) is 0 Å². The van der Waals surface area contributed by atoms with Gasteiger partial charge in [-0.2, -0.15) is 0 Å². The summed E-state index contributed by atoms with van der Waals surface area (Å²) in [6, 6.07) is 0. The molecule has 0 saturated heterocycles. The quantitative estimate of drug-likeness (QED) is 0.0888. The topological polar surface area (TPSA) is 9.23 Å². The average molecular weight is 755 g/mol. The second kappa shape index (κ2) is 21.3. The molecule has 0 bridgehead atoms.